The van der Waals surface area contributed by atoms with E-state index in [1.54, 1.807) is 0 Å². The van der Waals surface area contributed by atoms with E-state index in [4.69, 9.17) is 19.2 Å². The molecular weight excluding hydrogens is 218 g/mol. The van der Waals surface area contributed by atoms with Crippen LogP contribution in [0, 0.1) is 0 Å². The molecule has 0 aliphatic carbocycles. The Bertz CT molecular complexity index is 155. The summed E-state index contributed by atoms with van der Waals surface area (Å²) in [5.41, 5.74) is 0. The fourth-order valence-corrected chi connectivity index (χ4v) is 0.902. The fraction of sp³-hybridized carbons (Fsp3) is 1.00. The summed E-state index contributed by atoms with van der Waals surface area (Å²) in [6.07, 6.45) is 2.67. The zero-order valence-corrected chi connectivity index (χ0v) is 9.47. The molecule has 0 aliphatic heterocycles. The van der Waals surface area contributed by atoms with Crippen LogP contribution in [-0.2, 0) is 13.7 Å². The second-order valence-electron chi connectivity index (χ2n) is 2.14. The molecule has 6 nitrogen and oxygen atoms in total. The van der Waals surface area contributed by atoms with Crippen LogP contribution in [0.5, 0.6) is 0 Å². The molecule has 0 radical (unpaired) electrons. The van der Waals surface area contributed by atoms with Gasteiger partial charge in [0, 0.05) is 0 Å². The van der Waals surface area contributed by atoms with Crippen LogP contribution in [0.25, 0.3) is 0 Å². The van der Waals surface area contributed by atoms with Crippen molar-refractivity contribution in [2.24, 2.45) is 0 Å². The predicted molar refractivity (Wildman–Crippen MR) is 50.1 cm³/mol. The number of unbranched alkanes of at least 4 members (excludes halogenated alkanes) is 2. The van der Waals surface area contributed by atoms with Crippen LogP contribution in [-0.4, -0.2) is 21.3 Å². The molecule has 13 heavy (non-hydrogen) atoms. The summed E-state index contributed by atoms with van der Waals surface area (Å²) in [4.78, 5) is 23.5. The van der Waals surface area contributed by atoms with E-state index < -0.39 is 16.5 Å². The fourth-order valence-electron chi connectivity index (χ4n) is 0.536. The lowest BCUT2D eigenvalue weighted by Crippen LogP contribution is -1.91. The largest absolute Gasteiger partial charge is 0.469 e. The Kier molecular flexibility index (Phi) is 12.6. The highest BCUT2D eigenvalue weighted by molar-refractivity contribution is 7.46. The van der Waals surface area contributed by atoms with Crippen LogP contribution in [0.1, 0.15) is 26.2 Å². The van der Waals surface area contributed by atoms with Crippen molar-refractivity contribution in [2.75, 3.05) is 6.61 Å². The molecule has 3 N–H and O–H groups in total. The van der Waals surface area contributed by atoms with Gasteiger partial charge in [-0.1, -0.05) is 19.8 Å². The van der Waals surface area contributed by atoms with E-state index in [0.717, 1.165) is 12.8 Å². The van der Waals surface area contributed by atoms with Crippen molar-refractivity contribution in [1.29, 1.82) is 0 Å². The third kappa shape index (κ3) is 24.5. The summed E-state index contributed by atoms with van der Waals surface area (Å²) in [6, 6.07) is 0. The van der Waals surface area contributed by atoms with Gasteiger partial charge in [-0.15, -0.1) is 0 Å². The summed E-state index contributed by atoms with van der Waals surface area (Å²) in [5, 5.41) is 0. The highest BCUT2D eigenvalue weighted by Gasteiger charge is 2.11. The van der Waals surface area contributed by atoms with Crippen LogP contribution in [0.3, 0.4) is 0 Å². The minimum absolute atomic E-state index is 0.151. The lowest BCUT2D eigenvalue weighted by molar-refractivity contribution is 0.193. The van der Waals surface area contributed by atoms with Crippen LogP contribution in [0.15, 0.2) is 0 Å². The van der Waals surface area contributed by atoms with Crippen LogP contribution < -0.4 is 0 Å². The van der Waals surface area contributed by atoms with Gasteiger partial charge in [-0.05, 0) is 6.42 Å². The first-order valence-electron chi connectivity index (χ1n) is 3.75. The van der Waals surface area contributed by atoms with Crippen molar-refractivity contribution in [3.05, 3.63) is 0 Å². The number of rotatable bonds is 5. The smallest absolute Gasteiger partial charge is 0.348 e. The van der Waals surface area contributed by atoms with E-state index in [9.17, 15) is 4.57 Å². The van der Waals surface area contributed by atoms with Crippen molar-refractivity contribution in [2.45, 2.75) is 26.2 Å². The molecule has 0 bridgehead atoms. The molecule has 1 atom stereocenters. The third-order valence-corrected chi connectivity index (χ3v) is 1.53. The summed E-state index contributed by atoms with van der Waals surface area (Å²) in [7, 11) is -5.71. The Morgan fingerprint density at radius 1 is 1.38 bits per heavy atom. The molecular formula is C5H16O6P2. The molecule has 0 heterocycles. The molecule has 0 spiro atoms. The highest BCUT2D eigenvalue weighted by Crippen LogP contribution is 2.35. The van der Waals surface area contributed by atoms with E-state index in [2.05, 4.69) is 4.52 Å². The molecule has 0 fully saturated rings. The standard InChI is InChI=1S/C5H13O4P.H3O2P/c1-2-3-4-5-9-10(6,7)8;1-3-2/h2-5H2,1H3,(H2,6,7,8);3H2,(H,1,2). The molecule has 8 heteroatoms. The van der Waals surface area contributed by atoms with E-state index in [1.807, 2.05) is 6.92 Å². The van der Waals surface area contributed by atoms with Gasteiger partial charge in [0.15, 0.2) is 8.69 Å². The SMILES string of the molecule is CCCCCOP(=O)(O)O.O=[PH2]O. The first-order chi connectivity index (χ1) is 5.97. The Morgan fingerprint density at radius 2 is 1.85 bits per heavy atom. The molecule has 82 valence electrons. The van der Waals surface area contributed by atoms with Gasteiger partial charge in [0.25, 0.3) is 0 Å². The van der Waals surface area contributed by atoms with Crippen molar-refractivity contribution in [3.63, 3.8) is 0 Å². The predicted octanol–water partition coefficient (Wildman–Crippen LogP) is 0.936. The molecule has 0 amide bonds. The van der Waals surface area contributed by atoms with Gasteiger partial charge >= 0.3 is 7.82 Å². The van der Waals surface area contributed by atoms with E-state index >= 15 is 0 Å². The molecule has 0 saturated heterocycles. The van der Waals surface area contributed by atoms with Gasteiger partial charge in [-0.25, -0.2) is 4.57 Å². The Labute approximate surface area is 78.5 Å². The zero-order chi connectivity index (χ0) is 10.7. The second-order valence-corrected chi connectivity index (χ2v) is 3.59. The third-order valence-electron chi connectivity index (χ3n) is 1.01. The van der Waals surface area contributed by atoms with E-state index in [-0.39, 0.29) is 6.61 Å². The number of phosphoric acid groups is 1. The topological polar surface area (TPSA) is 104 Å². The minimum Gasteiger partial charge on any atom is -0.348 e. The van der Waals surface area contributed by atoms with Crippen LogP contribution >= 0.6 is 16.5 Å². The summed E-state index contributed by atoms with van der Waals surface area (Å²) >= 11 is 0. The van der Waals surface area contributed by atoms with E-state index in [1.165, 1.54) is 0 Å². The van der Waals surface area contributed by atoms with Gasteiger partial charge in [-0.3, -0.25) is 9.09 Å². The molecule has 0 saturated carbocycles. The van der Waals surface area contributed by atoms with Crippen LogP contribution in [0.2, 0.25) is 0 Å². The number of hydrogen-bond acceptors (Lipinski definition) is 3. The first-order valence-corrected chi connectivity index (χ1v) is 6.27. The van der Waals surface area contributed by atoms with Gasteiger partial charge in [0.1, 0.15) is 0 Å². The second kappa shape index (κ2) is 10.4. The Balaban J connectivity index is 0. The summed E-state index contributed by atoms with van der Waals surface area (Å²) in [6.45, 7) is 2.16. The monoisotopic (exact) mass is 234 g/mol. The molecule has 0 aromatic carbocycles. The van der Waals surface area contributed by atoms with Crippen molar-refractivity contribution >= 4 is 16.5 Å². The molecule has 0 aliphatic rings. The average molecular weight is 234 g/mol. The van der Waals surface area contributed by atoms with Gasteiger partial charge in [0.2, 0.25) is 0 Å². The van der Waals surface area contributed by atoms with Gasteiger partial charge < -0.3 is 14.7 Å². The lowest BCUT2D eigenvalue weighted by atomic mass is 10.3. The van der Waals surface area contributed by atoms with E-state index in [0.29, 0.717) is 6.42 Å². The maximum atomic E-state index is 10.1. The maximum Gasteiger partial charge on any atom is 0.469 e. The normalized spacial score (nSPS) is 11.4. The Hall–Kier alpha value is 0.300. The van der Waals surface area contributed by atoms with Gasteiger partial charge in [-0.2, -0.15) is 0 Å². The van der Waals surface area contributed by atoms with Gasteiger partial charge in [0.05, 0.1) is 6.61 Å². The average Bonchev–Trinajstić information content (AvgIpc) is 1.98. The van der Waals surface area contributed by atoms with Crippen molar-refractivity contribution in [3.8, 4) is 0 Å². The Morgan fingerprint density at radius 3 is 2.15 bits per heavy atom. The quantitative estimate of drug-likeness (QED) is 0.483. The zero-order valence-electron chi connectivity index (χ0n) is 7.42. The molecule has 1 unspecified atom stereocenters. The number of phosphoric ester groups is 1. The summed E-state index contributed by atoms with van der Waals surface area (Å²) < 4.78 is 22.8. The minimum atomic E-state index is -4.21. The summed E-state index contributed by atoms with van der Waals surface area (Å²) in [5.74, 6) is 0. The van der Waals surface area contributed by atoms with Crippen molar-refractivity contribution < 1.29 is 28.3 Å². The molecule has 0 aromatic heterocycles. The highest BCUT2D eigenvalue weighted by atomic mass is 31.2. The molecule has 0 rings (SSSR count). The number of hydrogen-bond donors (Lipinski definition) is 3. The maximum absolute atomic E-state index is 10.1. The van der Waals surface area contributed by atoms with Crippen LogP contribution in [0.4, 0.5) is 0 Å². The molecule has 0 aromatic rings. The van der Waals surface area contributed by atoms with Crippen molar-refractivity contribution in [1.82, 2.24) is 0 Å². The lowest BCUT2D eigenvalue weighted by Gasteiger charge is -2.02. The first kappa shape index (κ1) is 15.8.